The van der Waals surface area contributed by atoms with Crippen molar-refractivity contribution >= 4 is 22.8 Å². The average molecular weight is 324 g/mol. The second-order valence-corrected chi connectivity index (χ2v) is 5.39. The molecule has 2 aromatic heterocycles. The highest BCUT2D eigenvalue weighted by atomic mass is 16.3. The number of fused-ring (bicyclic) bond motifs is 1. The van der Waals surface area contributed by atoms with Crippen LogP contribution in [0.3, 0.4) is 0 Å². The lowest BCUT2D eigenvalue weighted by Gasteiger charge is -2.10. The Hall–Kier alpha value is -2.86. The molecule has 3 aromatic rings. The number of benzene rings is 1. The number of hydrogen-bond acceptors (Lipinski definition) is 4. The number of nitrogens with one attached hydrogen (secondary N) is 3. The molecule has 0 atom stereocenters. The molecule has 0 unspecified atom stereocenters. The van der Waals surface area contributed by atoms with Gasteiger partial charge in [-0.1, -0.05) is 12.1 Å². The first kappa shape index (κ1) is 16.0. The zero-order valence-corrected chi connectivity index (χ0v) is 13.5. The Bertz CT molecular complexity index is 857. The van der Waals surface area contributed by atoms with E-state index in [0.717, 1.165) is 22.2 Å². The van der Waals surface area contributed by atoms with Crippen molar-refractivity contribution in [1.82, 2.24) is 15.3 Å². The molecule has 0 aliphatic carbocycles. The van der Waals surface area contributed by atoms with Crippen molar-refractivity contribution in [3.8, 4) is 11.1 Å². The third kappa shape index (κ3) is 3.23. The molecule has 0 spiro atoms. The van der Waals surface area contributed by atoms with Crippen LogP contribution in [0, 0.1) is 0 Å². The van der Waals surface area contributed by atoms with Crippen LogP contribution in [0.4, 0.5) is 5.82 Å². The Morgan fingerprint density at radius 3 is 2.96 bits per heavy atom. The Morgan fingerprint density at radius 2 is 2.17 bits per heavy atom. The van der Waals surface area contributed by atoms with E-state index in [0.29, 0.717) is 24.5 Å². The van der Waals surface area contributed by atoms with Gasteiger partial charge in [0.05, 0.1) is 6.61 Å². The van der Waals surface area contributed by atoms with Gasteiger partial charge in [-0.3, -0.25) is 4.79 Å². The molecule has 1 aromatic carbocycles. The topological polar surface area (TPSA) is 90.0 Å². The Balaban J connectivity index is 2.06. The van der Waals surface area contributed by atoms with Gasteiger partial charge < -0.3 is 20.7 Å². The van der Waals surface area contributed by atoms with Gasteiger partial charge in [0.15, 0.2) is 0 Å². The number of aromatic nitrogens is 2. The average Bonchev–Trinajstić information content (AvgIpc) is 3.08. The number of H-pyrrole nitrogens is 1. The predicted octanol–water partition coefficient (Wildman–Crippen LogP) is 2.38. The zero-order valence-electron chi connectivity index (χ0n) is 13.5. The monoisotopic (exact) mass is 324 g/mol. The summed E-state index contributed by atoms with van der Waals surface area (Å²) < 4.78 is 0. The molecular weight excluding hydrogens is 304 g/mol. The third-order valence-corrected chi connectivity index (χ3v) is 3.72. The van der Waals surface area contributed by atoms with Crippen LogP contribution in [0.5, 0.6) is 0 Å². The summed E-state index contributed by atoms with van der Waals surface area (Å²) in [7, 11) is 0. The van der Waals surface area contributed by atoms with E-state index in [1.165, 1.54) is 0 Å². The van der Waals surface area contributed by atoms with Crippen molar-refractivity contribution in [2.75, 3.05) is 25.0 Å². The van der Waals surface area contributed by atoms with Gasteiger partial charge in [0.2, 0.25) is 0 Å². The summed E-state index contributed by atoms with van der Waals surface area (Å²) in [4.78, 5) is 19.7. The maximum Gasteiger partial charge on any atom is 0.251 e. The minimum absolute atomic E-state index is 0.0342. The molecule has 4 N–H and O–H groups in total. The number of carbonyl (C=O) groups is 1. The Kier molecular flexibility index (Phi) is 4.77. The number of aliphatic hydroxyl groups is 1. The first-order valence-electron chi connectivity index (χ1n) is 7.94. The van der Waals surface area contributed by atoms with Crippen molar-refractivity contribution in [3.05, 3.63) is 48.2 Å². The molecule has 0 aliphatic rings. The van der Waals surface area contributed by atoms with Gasteiger partial charge in [-0.2, -0.15) is 0 Å². The summed E-state index contributed by atoms with van der Waals surface area (Å²) in [5.41, 5.74) is 3.31. The van der Waals surface area contributed by atoms with Crippen LogP contribution in [0.25, 0.3) is 22.2 Å². The quantitative estimate of drug-likeness (QED) is 0.560. The first-order chi connectivity index (χ1) is 11.7. The lowest BCUT2D eigenvalue weighted by Crippen LogP contribution is -2.22. The van der Waals surface area contributed by atoms with Gasteiger partial charge in [-0.25, -0.2) is 4.98 Å². The summed E-state index contributed by atoms with van der Waals surface area (Å²) in [6.45, 7) is 2.95. The highest BCUT2D eigenvalue weighted by Gasteiger charge is 2.11. The van der Waals surface area contributed by atoms with Crippen molar-refractivity contribution in [3.63, 3.8) is 0 Å². The van der Waals surface area contributed by atoms with Gasteiger partial charge in [-0.15, -0.1) is 0 Å². The number of carbonyl (C=O) groups excluding carboxylic acids is 1. The molecule has 24 heavy (non-hydrogen) atoms. The van der Waals surface area contributed by atoms with Crippen LogP contribution in [-0.2, 0) is 0 Å². The van der Waals surface area contributed by atoms with Crippen LogP contribution < -0.4 is 10.6 Å². The lowest BCUT2D eigenvalue weighted by atomic mass is 10.0. The fourth-order valence-corrected chi connectivity index (χ4v) is 2.64. The van der Waals surface area contributed by atoms with Gasteiger partial charge >= 0.3 is 0 Å². The van der Waals surface area contributed by atoms with Crippen molar-refractivity contribution in [1.29, 1.82) is 0 Å². The third-order valence-electron chi connectivity index (χ3n) is 3.72. The van der Waals surface area contributed by atoms with E-state index in [4.69, 9.17) is 5.11 Å². The maximum absolute atomic E-state index is 12.1. The number of nitrogens with zero attached hydrogens (tertiary/aromatic N) is 1. The van der Waals surface area contributed by atoms with Crippen LogP contribution >= 0.6 is 0 Å². The standard InChI is InChI=1S/C18H20N4O2/c1-2-19-18(24)13-5-3-4-12(10-13)15-11-16(20-8-9-23)22-17-14(15)6-7-21-17/h3-7,10-11,23H,2,8-9H2,1H3,(H,19,24)(H2,20,21,22). The fourth-order valence-electron chi connectivity index (χ4n) is 2.64. The first-order valence-corrected chi connectivity index (χ1v) is 7.94. The molecule has 0 aliphatic heterocycles. The molecular formula is C18H20N4O2. The minimum Gasteiger partial charge on any atom is -0.395 e. The van der Waals surface area contributed by atoms with Crippen LogP contribution in [-0.4, -0.2) is 40.7 Å². The summed E-state index contributed by atoms with van der Waals surface area (Å²) in [5.74, 6) is 0.592. The molecule has 3 rings (SSSR count). The Labute approximate surface area is 139 Å². The summed E-state index contributed by atoms with van der Waals surface area (Å²) >= 11 is 0. The van der Waals surface area contributed by atoms with E-state index in [1.54, 1.807) is 6.07 Å². The lowest BCUT2D eigenvalue weighted by molar-refractivity contribution is 0.0956. The van der Waals surface area contributed by atoms with Gasteiger partial charge in [0.25, 0.3) is 5.91 Å². The van der Waals surface area contributed by atoms with Gasteiger partial charge in [0, 0.05) is 30.2 Å². The molecule has 0 saturated heterocycles. The molecule has 124 valence electrons. The summed E-state index contributed by atoms with van der Waals surface area (Å²) in [5, 5.41) is 15.9. The largest absolute Gasteiger partial charge is 0.395 e. The maximum atomic E-state index is 12.1. The summed E-state index contributed by atoms with van der Waals surface area (Å²) in [6, 6.07) is 11.4. The molecule has 0 radical (unpaired) electrons. The van der Waals surface area contributed by atoms with Crippen LogP contribution in [0.15, 0.2) is 42.6 Å². The molecule has 2 heterocycles. The number of aliphatic hydroxyl groups excluding tert-OH is 1. The molecule has 1 amide bonds. The van der Waals surface area contributed by atoms with E-state index < -0.39 is 0 Å². The number of hydrogen-bond donors (Lipinski definition) is 4. The molecule has 0 bridgehead atoms. The Morgan fingerprint density at radius 1 is 1.29 bits per heavy atom. The van der Waals surface area contributed by atoms with Crippen molar-refractivity contribution < 1.29 is 9.90 Å². The van der Waals surface area contributed by atoms with E-state index in [2.05, 4.69) is 20.6 Å². The molecule has 0 fully saturated rings. The van der Waals surface area contributed by atoms with Crippen LogP contribution in [0.1, 0.15) is 17.3 Å². The molecule has 6 nitrogen and oxygen atoms in total. The normalized spacial score (nSPS) is 10.8. The molecule has 0 saturated carbocycles. The second-order valence-electron chi connectivity index (χ2n) is 5.39. The van der Waals surface area contributed by atoms with E-state index >= 15 is 0 Å². The number of amides is 1. The van der Waals surface area contributed by atoms with Crippen molar-refractivity contribution in [2.24, 2.45) is 0 Å². The second kappa shape index (κ2) is 7.14. The van der Waals surface area contributed by atoms with E-state index in [9.17, 15) is 4.79 Å². The van der Waals surface area contributed by atoms with Crippen LogP contribution in [0.2, 0.25) is 0 Å². The number of anilines is 1. The minimum atomic E-state index is -0.0858. The summed E-state index contributed by atoms with van der Waals surface area (Å²) in [6.07, 6.45) is 1.84. The number of rotatable bonds is 6. The zero-order chi connectivity index (χ0) is 16.9. The fraction of sp³-hybridized carbons (Fsp3) is 0.222. The highest BCUT2D eigenvalue weighted by Crippen LogP contribution is 2.30. The smallest absolute Gasteiger partial charge is 0.251 e. The van der Waals surface area contributed by atoms with Gasteiger partial charge in [0.1, 0.15) is 11.5 Å². The highest BCUT2D eigenvalue weighted by molar-refractivity contribution is 5.98. The SMILES string of the molecule is CCNC(=O)c1cccc(-c2cc(NCCO)nc3[nH]ccc23)c1. The van der Waals surface area contributed by atoms with Gasteiger partial charge in [-0.05, 0) is 42.3 Å². The molecule has 6 heteroatoms. The van der Waals surface area contributed by atoms with E-state index in [1.807, 2.05) is 43.5 Å². The van der Waals surface area contributed by atoms with E-state index in [-0.39, 0.29) is 12.5 Å². The number of pyridine rings is 1. The number of aromatic amines is 1. The predicted molar refractivity (Wildman–Crippen MR) is 95.1 cm³/mol. The van der Waals surface area contributed by atoms with Crippen molar-refractivity contribution in [2.45, 2.75) is 6.92 Å².